The fourth-order valence-corrected chi connectivity index (χ4v) is 3.67. The molecule has 2 heterocycles. The van der Waals surface area contributed by atoms with E-state index in [1.54, 1.807) is 0 Å². The van der Waals surface area contributed by atoms with E-state index in [0.29, 0.717) is 17.9 Å². The fraction of sp³-hybridized carbons (Fsp3) is 0.261. The van der Waals surface area contributed by atoms with E-state index in [9.17, 15) is 9.90 Å². The first-order valence-electron chi connectivity index (χ1n) is 9.67. The average Bonchev–Trinajstić information content (AvgIpc) is 3.28. The van der Waals surface area contributed by atoms with Gasteiger partial charge in [-0.2, -0.15) is 5.10 Å². The van der Waals surface area contributed by atoms with Crippen LogP contribution in [0.25, 0.3) is 11.1 Å². The van der Waals surface area contributed by atoms with Crippen LogP contribution in [0.15, 0.2) is 60.4 Å². The molecule has 2 aromatic carbocycles. The van der Waals surface area contributed by atoms with Crippen molar-refractivity contribution in [3.8, 4) is 11.1 Å². The summed E-state index contributed by atoms with van der Waals surface area (Å²) in [4.78, 5) is 16.0. The van der Waals surface area contributed by atoms with E-state index in [2.05, 4.69) is 10.1 Å². The molecule has 30 heavy (non-hydrogen) atoms. The molecule has 0 radical (unpaired) electrons. The number of rotatable bonds is 6. The van der Waals surface area contributed by atoms with Crippen LogP contribution < -0.4 is 0 Å². The summed E-state index contributed by atoms with van der Waals surface area (Å²) < 4.78 is 12.3. The lowest BCUT2D eigenvalue weighted by molar-refractivity contribution is -0.144. The third-order valence-corrected chi connectivity index (χ3v) is 5.15. The van der Waals surface area contributed by atoms with Crippen molar-refractivity contribution in [2.75, 3.05) is 7.11 Å². The van der Waals surface area contributed by atoms with Crippen LogP contribution in [0.2, 0.25) is 0 Å². The Bertz CT molecular complexity index is 1100. The Morgan fingerprint density at radius 1 is 1.17 bits per heavy atom. The molecule has 1 aliphatic heterocycles. The van der Waals surface area contributed by atoms with Gasteiger partial charge in [0, 0.05) is 0 Å². The van der Waals surface area contributed by atoms with Gasteiger partial charge in [0.1, 0.15) is 23.5 Å². The topological polar surface area (TPSA) is 86.5 Å². The first-order valence-corrected chi connectivity index (χ1v) is 9.67. The largest absolute Gasteiger partial charge is 0.497 e. The number of methoxy groups -OCH3 is 1. The molecule has 1 N–H and O–H groups in total. The number of aliphatic hydroxyl groups is 1. The highest BCUT2D eigenvalue weighted by Crippen LogP contribution is 2.35. The minimum absolute atomic E-state index is 0.316. The van der Waals surface area contributed by atoms with Gasteiger partial charge < -0.3 is 14.6 Å². The Balaban J connectivity index is 1.60. The SMILES string of the molecule is COC1=CC(=O)OC1C(O)c1ccccc1-c1ccc(Cn2nc(C)nc2C)cc1. The van der Waals surface area contributed by atoms with Gasteiger partial charge in [-0.25, -0.2) is 14.5 Å². The molecule has 2 atom stereocenters. The van der Waals surface area contributed by atoms with Crippen molar-refractivity contribution < 1.29 is 19.4 Å². The van der Waals surface area contributed by atoms with Crippen LogP contribution in [0.1, 0.15) is 28.9 Å². The summed E-state index contributed by atoms with van der Waals surface area (Å²) in [6.07, 6.45) is -0.639. The van der Waals surface area contributed by atoms with Crippen molar-refractivity contribution in [2.45, 2.75) is 32.6 Å². The van der Waals surface area contributed by atoms with Crippen LogP contribution in [0.3, 0.4) is 0 Å². The van der Waals surface area contributed by atoms with Crippen LogP contribution in [-0.2, 0) is 20.8 Å². The number of aryl methyl sites for hydroxylation is 2. The molecule has 0 spiro atoms. The Kier molecular flexibility index (Phi) is 5.37. The lowest BCUT2D eigenvalue weighted by atomic mass is 9.93. The maximum Gasteiger partial charge on any atom is 0.335 e. The molecule has 0 saturated heterocycles. The molecule has 0 bridgehead atoms. The van der Waals surface area contributed by atoms with E-state index >= 15 is 0 Å². The van der Waals surface area contributed by atoms with Crippen molar-refractivity contribution in [1.29, 1.82) is 0 Å². The number of ether oxygens (including phenoxy) is 2. The second kappa shape index (κ2) is 8.12. The van der Waals surface area contributed by atoms with Crippen molar-refractivity contribution in [1.82, 2.24) is 14.8 Å². The Morgan fingerprint density at radius 3 is 2.57 bits per heavy atom. The highest BCUT2D eigenvalue weighted by Gasteiger charge is 2.35. The summed E-state index contributed by atoms with van der Waals surface area (Å²) in [5.74, 6) is 1.43. The van der Waals surface area contributed by atoms with Crippen LogP contribution in [0, 0.1) is 13.8 Å². The first kappa shape index (κ1) is 19.8. The molecule has 7 nitrogen and oxygen atoms in total. The van der Waals surface area contributed by atoms with Gasteiger partial charge in [0.05, 0.1) is 19.7 Å². The molecule has 0 saturated carbocycles. The first-order chi connectivity index (χ1) is 14.5. The van der Waals surface area contributed by atoms with Crippen molar-refractivity contribution >= 4 is 5.97 Å². The minimum Gasteiger partial charge on any atom is -0.497 e. The lowest BCUT2D eigenvalue weighted by Gasteiger charge is -2.22. The highest BCUT2D eigenvalue weighted by atomic mass is 16.6. The van der Waals surface area contributed by atoms with Crippen LogP contribution in [-0.4, -0.2) is 39.1 Å². The second-order valence-electron chi connectivity index (χ2n) is 7.20. The van der Waals surface area contributed by atoms with Crippen LogP contribution in [0.5, 0.6) is 0 Å². The summed E-state index contributed by atoms with van der Waals surface area (Å²) in [5.41, 5.74) is 3.57. The predicted molar refractivity (Wildman–Crippen MR) is 110 cm³/mol. The molecular formula is C23H23N3O4. The maximum atomic E-state index is 11.6. The van der Waals surface area contributed by atoms with Gasteiger partial charge in [0.25, 0.3) is 0 Å². The molecule has 7 heteroatoms. The fourth-order valence-electron chi connectivity index (χ4n) is 3.67. The summed E-state index contributed by atoms with van der Waals surface area (Å²) in [7, 11) is 1.45. The molecule has 0 fully saturated rings. The molecule has 0 amide bonds. The van der Waals surface area contributed by atoms with Gasteiger partial charge in [0.2, 0.25) is 0 Å². The Morgan fingerprint density at radius 2 is 1.90 bits per heavy atom. The number of esters is 1. The number of carbonyl (C=O) groups is 1. The quantitative estimate of drug-likeness (QED) is 0.634. The highest BCUT2D eigenvalue weighted by molar-refractivity contribution is 5.85. The zero-order valence-electron chi connectivity index (χ0n) is 17.1. The smallest absolute Gasteiger partial charge is 0.335 e. The zero-order chi connectivity index (χ0) is 21.3. The zero-order valence-corrected chi connectivity index (χ0v) is 17.1. The summed E-state index contributed by atoms with van der Waals surface area (Å²) in [6, 6.07) is 15.6. The van der Waals surface area contributed by atoms with E-state index in [1.165, 1.54) is 13.2 Å². The summed E-state index contributed by atoms with van der Waals surface area (Å²) in [5, 5.41) is 15.4. The van der Waals surface area contributed by atoms with Gasteiger partial charge >= 0.3 is 5.97 Å². The number of cyclic esters (lactones) is 1. The molecular weight excluding hydrogens is 382 g/mol. The maximum absolute atomic E-state index is 11.6. The third-order valence-electron chi connectivity index (χ3n) is 5.15. The number of aromatic nitrogens is 3. The molecule has 0 aliphatic carbocycles. The molecule has 2 unspecified atom stereocenters. The van der Waals surface area contributed by atoms with Gasteiger partial charge in [0.15, 0.2) is 6.10 Å². The number of hydrogen-bond donors (Lipinski definition) is 1. The molecule has 154 valence electrons. The monoisotopic (exact) mass is 405 g/mol. The Hall–Kier alpha value is -3.45. The van der Waals surface area contributed by atoms with E-state index in [1.807, 2.05) is 67.1 Å². The number of benzene rings is 2. The number of hydrogen-bond acceptors (Lipinski definition) is 6. The van der Waals surface area contributed by atoms with Crippen LogP contribution in [0.4, 0.5) is 0 Å². The van der Waals surface area contributed by atoms with Crippen molar-refractivity contribution in [3.63, 3.8) is 0 Å². The Labute approximate surface area is 174 Å². The van der Waals surface area contributed by atoms with E-state index < -0.39 is 18.2 Å². The van der Waals surface area contributed by atoms with Gasteiger partial charge in [-0.1, -0.05) is 48.5 Å². The molecule has 1 aliphatic rings. The van der Waals surface area contributed by atoms with E-state index in [4.69, 9.17) is 9.47 Å². The standard InChI is InChI=1S/C23H23N3O4/c1-14-24-15(2)26(25-14)13-16-8-10-17(11-9-16)18-6-4-5-7-19(18)22(28)23-20(29-3)12-21(27)30-23/h4-12,22-23,28H,13H2,1-3H3. The number of nitrogens with zero attached hydrogens (tertiary/aromatic N) is 3. The van der Waals surface area contributed by atoms with Crippen molar-refractivity contribution in [2.24, 2.45) is 0 Å². The average molecular weight is 405 g/mol. The van der Waals surface area contributed by atoms with E-state index in [-0.39, 0.29) is 0 Å². The number of carbonyl (C=O) groups excluding carboxylic acids is 1. The van der Waals surface area contributed by atoms with Crippen LogP contribution >= 0.6 is 0 Å². The second-order valence-corrected chi connectivity index (χ2v) is 7.20. The van der Waals surface area contributed by atoms with Gasteiger partial charge in [-0.05, 0) is 36.1 Å². The summed E-state index contributed by atoms with van der Waals surface area (Å²) >= 11 is 0. The predicted octanol–water partition coefficient (Wildman–Crippen LogP) is 3.10. The van der Waals surface area contributed by atoms with E-state index in [0.717, 1.165) is 28.3 Å². The normalized spacial score (nSPS) is 16.9. The van der Waals surface area contributed by atoms with Gasteiger partial charge in [-0.15, -0.1) is 0 Å². The van der Waals surface area contributed by atoms with Crippen molar-refractivity contribution in [3.05, 3.63) is 83.1 Å². The number of aliphatic hydroxyl groups excluding tert-OH is 1. The third kappa shape index (κ3) is 3.84. The molecule has 1 aromatic heterocycles. The summed E-state index contributed by atoms with van der Waals surface area (Å²) in [6.45, 7) is 4.45. The molecule has 3 aromatic rings. The lowest BCUT2D eigenvalue weighted by Crippen LogP contribution is -2.23. The minimum atomic E-state index is -1.04. The van der Waals surface area contributed by atoms with Gasteiger partial charge in [-0.3, -0.25) is 0 Å². The molecule has 4 rings (SSSR count).